The molecule has 3 fully saturated rings. The predicted molar refractivity (Wildman–Crippen MR) is 147 cm³/mol. The minimum absolute atomic E-state index is 0.00262. The molecular weight excluding hydrogens is 492 g/mol. The molecule has 2 aromatic carbocycles. The van der Waals surface area contributed by atoms with E-state index in [1.807, 2.05) is 6.07 Å². The normalized spacial score (nSPS) is 25.0. The highest BCUT2D eigenvalue weighted by molar-refractivity contribution is 6.05. The van der Waals surface area contributed by atoms with Crippen LogP contribution in [0, 0.1) is 5.92 Å². The Morgan fingerprint density at radius 2 is 1.72 bits per heavy atom. The Kier molecular flexibility index (Phi) is 6.10. The number of carbonyl (C=O) groups excluding carboxylic acids is 3. The maximum atomic E-state index is 13.2. The molecule has 3 amide bonds. The van der Waals surface area contributed by atoms with E-state index >= 15 is 0 Å². The average molecular weight is 529 g/mol. The molecule has 0 radical (unpaired) electrons. The number of carbonyl (C=O) groups is 3. The molecular formula is C31H36N4O4. The predicted octanol–water partition coefficient (Wildman–Crippen LogP) is 3.09. The fourth-order valence-corrected chi connectivity index (χ4v) is 7.38. The van der Waals surface area contributed by atoms with Crippen LogP contribution in [-0.2, 0) is 21.5 Å². The van der Waals surface area contributed by atoms with Crippen LogP contribution >= 0.6 is 0 Å². The second-order valence-electron chi connectivity index (χ2n) is 12.0. The molecule has 0 aromatic heterocycles. The number of amides is 3. The maximum absolute atomic E-state index is 13.2. The molecule has 1 atom stereocenters. The van der Waals surface area contributed by atoms with Crippen LogP contribution in [0.4, 0.5) is 5.69 Å². The third-order valence-electron chi connectivity index (χ3n) is 9.76. The summed E-state index contributed by atoms with van der Waals surface area (Å²) < 4.78 is 6.20. The number of imide groups is 1. The number of para-hydroxylation sites is 1. The molecule has 5 heterocycles. The molecule has 2 aromatic rings. The summed E-state index contributed by atoms with van der Waals surface area (Å²) in [5, 5.41) is 2.38. The van der Waals surface area contributed by atoms with Gasteiger partial charge in [0.15, 0.2) is 0 Å². The van der Waals surface area contributed by atoms with Gasteiger partial charge < -0.3 is 19.4 Å². The quantitative estimate of drug-likeness (QED) is 0.615. The van der Waals surface area contributed by atoms with E-state index in [1.54, 1.807) is 4.90 Å². The van der Waals surface area contributed by atoms with Crippen LogP contribution in [0.1, 0.15) is 60.0 Å². The van der Waals surface area contributed by atoms with Crippen molar-refractivity contribution in [2.45, 2.75) is 56.5 Å². The summed E-state index contributed by atoms with van der Waals surface area (Å²) in [6, 6.07) is 14.2. The summed E-state index contributed by atoms with van der Waals surface area (Å²) in [5.41, 5.74) is 4.18. The van der Waals surface area contributed by atoms with Crippen LogP contribution in [0.15, 0.2) is 42.5 Å². The van der Waals surface area contributed by atoms with Crippen molar-refractivity contribution in [2.75, 3.05) is 44.2 Å². The van der Waals surface area contributed by atoms with E-state index in [9.17, 15) is 14.4 Å². The van der Waals surface area contributed by atoms with Gasteiger partial charge in [0.2, 0.25) is 11.8 Å². The molecule has 204 valence electrons. The van der Waals surface area contributed by atoms with Crippen molar-refractivity contribution in [3.05, 3.63) is 59.2 Å². The minimum Gasteiger partial charge on any atom is -0.492 e. The lowest BCUT2D eigenvalue weighted by Crippen LogP contribution is -2.52. The smallest absolute Gasteiger partial charge is 0.255 e. The Hall–Kier alpha value is -3.39. The number of anilines is 1. The van der Waals surface area contributed by atoms with E-state index in [-0.39, 0.29) is 29.6 Å². The first-order chi connectivity index (χ1) is 19.0. The van der Waals surface area contributed by atoms with Crippen LogP contribution < -0.4 is 15.0 Å². The number of rotatable bonds is 4. The molecule has 0 saturated carbocycles. The molecule has 5 aliphatic rings. The van der Waals surface area contributed by atoms with Gasteiger partial charge in [-0.25, -0.2) is 0 Å². The number of likely N-dealkylation sites (tertiary alicyclic amines) is 1. The molecule has 1 N–H and O–H groups in total. The Balaban J connectivity index is 0.982. The second kappa shape index (κ2) is 9.66. The highest BCUT2D eigenvalue weighted by Gasteiger charge is 2.46. The van der Waals surface area contributed by atoms with Crippen LogP contribution in [0.25, 0.3) is 0 Å². The molecule has 1 unspecified atom stereocenters. The van der Waals surface area contributed by atoms with Crippen molar-refractivity contribution in [2.24, 2.45) is 5.92 Å². The third-order valence-corrected chi connectivity index (χ3v) is 9.76. The standard InChI is InChI=1S/C31H36N4O4/c36-28-7-6-26(29(37)32-28)35-19-22-16-25-27(17-24(22)30(35)38)39-20-31(25)10-14-33(15-11-31)18-21-8-12-34(13-9-21)23-4-2-1-3-5-23/h1-5,16-17,21,26H,6-15,18-20H2,(H,32,36,37). The summed E-state index contributed by atoms with van der Waals surface area (Å²) in [4.78, 5) is 44.0. The van der Waals surface area contributed by atoms with Crippen molar-refractivity contribution < 1.29 is 19.1 Å². The monoisotopic (exact) mass is 528 g/mol. The number of hydrogen-bond acceptors (Lipinski definition) is 6. The first-order valence-corrected chi connectivity index (χ1v) is 14.5. The summed E-state index contributed by atoms with van der Waals surface area (Å²) in [6.07, 6.45) is 5.26. The van der Waals surface area contributed by atoms with E-state index in [0.29, 0.717) is 25.1 Å². The van der Waals surface area contributed by atoms with Crippen LogP contribution in [0.5, 0.6) is 5.75 Å². The van der Waals surface area contributed by atoms with E-state index in [2.05, 4.69) is 51.5 Å². The van der Waals surface area contributed by atoms with E-state index in [0.717, 1.165) is 56.3 Å². The van der Waals surface area contributed by atoms with Gasteiger partial charge in [0.25, 0.3) is 5.91 Å². The SMILES string of the molecule is O=C1CCC(N2Cc3cc4c(cc3C2=O)OCC42CCN(CC3CCN(c4ccccc4)CC3)CC2)C(=O)N1. The lowest BCUT2D eigenvalue weighted by molar-refractivity contribution is -0.136. The third kappa shape index (κ3) is 4.39. The Morgan fingerprint density at radius 1 is 0.949 bits per heavy atom. The van der Waals surface area contributed by atoms with Gasteiger partial charge >= 0.3 is 0 Å². The van der Waals surface area contributed by atoms with Gasteiger partial charge in [0, 0.05) is 54.8 Å². The van der Waals surface area contributed by atoms with Gasteiger partial charge in [-0.3, -0.25) is 19.7 Å². The van der Waals surface area contributed by atoms with Gasteiger partial charge in [-0.2, -0.15) is 0 Å². The fraction of sp³-hybridized carbons (Fsp3) is 0.516. The van der Waals surface area contributed by atoms with Gasteiger partial charge in [0.05, 0.1) is 6.61 Å². The van der Waals surface area contributed by atoms with E-state index in [1.165, 1.54) is 30.6 Å². The van der Waals surface area contributed by atoms with Crippen molar-refractivity contribution in [3.63, 3.8) is 0 Å². The number of ether oxygens (including phenoxy) is 1. The number of benzene rings is 2. The summed E-state index contributed by atoms with van der Waals surface area (Å²) in [5.74, 6) is 0.803. The fourth-order valence-electron chi connectivity index (χ4n) is 7.38. The maximum Gasteiger partial charge on any atom is 0.255 e. The van der Waals surface area contributed by atoms with Crippen molar-refractivity contribution in [1.29, 1.82) is 0 Å². The number of nitrogens with one attached hydrogen (secondary N) is 1. The summed E-state index contributed by atoms with van der Waals surface area (Å²) in [7, 11) is 0. The van der Waals surface area contributed by atoms with Gasteiger partial charge in [0.1, 0.15) is 11.8 Å². The zero-order valence-corrected chi connectivity index (χ0v) is 22.4. The first kappa shape index (κ1) is 24.6. The van der Waals surface area contributed by atoms with Crippen LogP contribution in [-0.4, -0.2) is 72.9 Å². The largest absolute Gasteiger partial charge is 0.492 e. The molecule has 8 heteroatoms. The minimum atomic E-state index is -0.588. The molecule has 8 nitrogen and oxygen atoms in total. The Labute approximate surface area is 229 Å². The molecule has 3 saturated heterocycles. The average Bonchev–Trinajstić information content (AvgIpc) is 3.46. The van der Waals surface area contributed by atoms with Crippen LogP contribution in [0.2, 0.25) is 0 Å². The van der Waals surface area contributed by atoms with E-state index in [4.69, 9.17) is 4.74 Å². The zero-order chi connectivity index (χ0) is 26.6. The Morgan fingerprint density at radius 3 is 2.46 bits per heavy atom. The highest BCUT2D eigenvalue weighted by atomic mass is 16.5. The van der Waals surface area contributed by atoms with Crippen molar-refractivity contribution >= 4 is 23.4 Å². The number of piperidine rings is 3. The zero-order valence-electron chi connectivity index (χ0n) is 22.4. The first-order valence-electron chi connectivity index (χ1n) is 14.5. The van der Waals surface area contributed by atoms with Crippen LogP contribution in [0.3, 0.4) is 0 Å². The summed E-state index contributed by atoms with van der Waals surface area (Å²) >= 11 is 0. The van der Waals surface area contributed by atoms with Gasteiger partial charge in [-0.1, -0.05) is 18.2 Å². The van der Waals surface area contributed by atoms with Crippen molar-refractivity contribution in [3.8, 4) is 5.75 Å². The topological polar surface area (TPSA) is 82.2 Å². The van der Waals surface area contributed by atoms with Gasteiger partial charge in [-0.05, 0) is 80.9 Å². The second-order valence-corrected chi connectivity index (χ2v) is 12.0. The Bertz CT molecular complexity index is 1300. The summed E-state index contributed by atoms with van der Waals surface area (Å²) in [6.45, 7) is 6.67. The number of fused-ring (bicyclic) bond motifs is 3. The molecule has 7 rings (SSSR count). The molecule has 5 aliphatic heterocycles. The lowest BCUT2D eigenvalue weighted by Gasteiger charge is -2.41. The van der Waals surface area contributed by atoms with Crippen molar-refractivity contribution in [1.82, 2.24) is 15.1 Å². The molecule has 39 heavy (non-hydrogen) atoms. The van der Waals surface area contributed by atoms with E-state index < -0.39 is 6.04 Å². The number of hydrogen-bond donors (Lipinski definition) is 1. The molecule has 0 aliphatic carbocycles. The molecule has 0 bridgehead atoms. The number of nitrogens with zero attached hydrogens (tertiary/aromatic N) is 3. The molecule has 1 spiro atoms. The van der Waals surface area contributed by atoms with Gasteiger partial charge in [-0.15, -0.1) is 0 Å². The lowest BCUT2D eigenvalue weighted by atomic mass is 9.73. The highest BCUT2D eigenvalue weighted by Crippen LogP contribution is 2.48.